The van der Waals surface area contributed by atoms with Crippen LogP contribution in [0, 0.1) is 0 Å². The predicted octanol–water partition coefficient (Wildman–Crippen LogP) is 1.80. The molecule has 0 bridgehead atoms. The van der Waals surface area contributed by atoms with Crippen molar-refractivity contribution in [3.63, 3.8) is 0 Å². The van der Waals surface area contributed by atoms with Crippen LogP contribution >= 0.6 is 0 Å². The molecule has 2 aromatic rings. The molecule has 0 aliphatic carbocycles. The van der Waals surface area contributed by atoms with Crippen LogP contribution in [0.3, 0.4) is 0 Å². The SMILES string of the molecule is Nc1ccc(C(=O)Nc2ccc(N)cc2C(=O)O)cc1. The smallest absolute Gasteiger partial charge is 0.337 e. The standard InChI is InChI=1S/C14H13N3O3/c15-9-3-1-8(2-4-9)13(18)17-12-6-5-10(16)7-11(12)14(19)20/h1-7H,15-16H2,(H,17,18)(H,19,20). The van der Waals surface area contributed by atoms with Gasteiger partial charge in [0.2, 0.25) is 0 Å². The van der Waals surface area contributed by atoms with Gasteiger partial charge < -0.3 is 21.9 Å². The number of benzene rings is 2. The second-order valence-corrected chi connectivity index (χ2v) is 4.19. The summed E-state index contributed by atoms with van der Waals surface area (Å²) >= 11 is 0. The summed E-state index contributed by atoms with van der Waals surface area (Å²) in [5.74, 6) is -1.58. The van der Waals surface area contributed by atoms with Crippen molar-refractivity contribution in [3.8, 4) is 0 Å². The van der Waals surface area contributed by atoms with Crippen molar-refractivity contribution >= 4 is 28.9 Å². The van der Waals surface area contributed by atoms with E-state index in [9.17, 15) is 9.59 Å². The fraction of sp³-hybridized carbons (Fsp3) is 0. The summed E-state index contributed by atoms with van der Waals surface area (Å²) in [7, 11) is 0. The number of nitrogen functional groups attached to an aromatic ring is 2. The Labute approximate surface area is 115 Å². The van der Waals surface area contributed by atoms with Gasteiger partial charge in [-0.15, -0.1) is 0 Å². The number of hydrogen-bond acceptors (Lipinski definition) is 4. The molecule has 1 amide bonds. The van der Waals surface area contributed by atoms with Gasteiger partial charge in [-0.05, 0) is 42.5 Å². The first-order valence-corrected chi connectivity index (χ1v) is 5.77. The first-order valence-electron chi connectivity index (χ1n) is 5.77. The summed E-state index contributed by atoms with van der Waals surface area (Å²) in [5.41, 5.74) is 12.4. The number of carboxylic acid groups (broad SMARTS) is 1. The molecule has 2 aromatic carbocycles. The highest BCUT2D eigenvalue weighted by atomic mass is 16.4. The summed E-state index contributed by atoms with van der Waals surface area (Å²) in [6, 6.07) is 10.6. The van der Waals surface area contributed by atoms with E-state index < -0.39 is 11.9 Å². The number of nitrogens with one attached hydrogen (secondary N) is 1. The fourth-order valence-electron chi connectivity index (χ4n) is 1.68. The monoisotopic (exact) mass is 271 g/mol. The number of rotatable bonds is 3. The van der Waals surface area contributed by atoms with Gasteiger partial charge in [0, 0.05) is 16.9 Å². The summed E-state index contributed by atoms with van der Waals surface area (Å²) in [6.07, 6.45) is 0. The van der Waals surface area contributed by atoms with E-state index in [1.54, 1.807) is 24.3 Å². The Morgan fingerprint density at radius 2 is 1.55 bits per heavy atom. The zero-order valence-corrected chi connectivity index (χ0v) is 10.5. The molecule has 6 N–H and O–H groups in total. The van der Waals surface area contributed by atoms with Gasteiger partial charge in [-0.1, -0.05) is 0 Å². The van der Waals surface area contributed by atoms with E-state index in [0.717, 1.165) is 0 Å². The van der Waals surface area contributed by atoms with Crippen LogP contribution in [-0.4, -0.2) is 17.0 Å². The molecule has 0 aromatic heterocycles. The van der Waals surface area contributed by atoms with Gasteiger partial charge in [0.1, 0.15) is 0 Å². The highest BCUT2D eigenvalue weighted by molar-refractivity contribution is 6.08. The van der Waals surface area contributed by atoms with Crippen molar-refractivity contribution in [2.45, 2.75) is 0 Å². The lowest BCUT2D eigenvalue weighted by Crippen LogP contribution is -2.15. The quantitative estimate of drug-likeness (QED) is 0.635. The van der Waals surface area contributed by atoms with Gasteiger partial charge in [0.05, 0.1) is 11.3 Å². The number of carbonyl (C=O) groups excluding carboxylic acids is 1. The van der Waals surface area contributed by atoms with E-state index in [1.807, 2.05) is 0 Å². The van der Waals surface area contributed by atoms with E-state index in [-0.39, 0.29) is 11.3 Å². The van der Waals surface area contributed by atoms with E-state index in [2.05, 4.69) is 5.32 Å². The second-order valence-electron chi connectivity index (χ2n) is 4.19. The fourth-order valence-corrected chi connectivity index (χ4v) is 1.68. The van der Waals surface area contributed by atoms with Crippen LogP contribution in [-0.2, 0) is 0 Å². The lowest BCUT2D eigenvalue weighted by Gasteiger charge is -2.09. The molecular formula is C14H13N3O3. The molecule has 0 atom stereocenters. The van der Waals surface area contributed by atoms with Crippen LogP contribution in [0.15, 0.2) is 42.5 Å². The Bertz CT molecular complexity index is 666. The maximum absolute atomic E-state index is 12.0. The highest BCUT2D eigenvalue weighted by Gasteiger charge is 2.13. The minimum atomic E-state index is -1.16. The minimum Gasteiger partial charge on any atom is -0.478 e. The topological polar surface area (TPSA) is 118 Å². The van der Waals surface area contributed by atoms with Gasteiger partial charge in [-0.2, -0.15) is 0 Å². The molecule has 0 aliphatic heterocycles. The third-order valence-electron chi connectivity index (χ3n) is 2.70. The first-order chi connectivity index (χ1) is 9.47. The Balaban J connectivity index is 2.28. The Hall–Kier alpha value is -3.02. The third kappa shape index (κ3) is 2.86. The van der Waals surface area contributed by atoms with Crippen molar-refractivity contribution in [1.29, 1.82) is 0 Å². The molecule has 0 saturated carbocycles. The number of amides is 1. The number of aromatic carboxylic acids is 1. The van der Waals surface area contributed by atoms with E-state index in [1.165, 1.54) is 18.2 Å². The van der Waals surface area contributed by atoms with Gasteiger partial charge in [-0.25, -0.2) is 4.79 Å². The lowest BCUT2D eigenvalue weighted by atomic mass is 10.1. The Kier molecular flexibility index (Phi) is 3.56. The molecular weight excluding hydrogens is 258 g/mol. The molecule has 6 heteroatoms. The van der Waals surface area contributed by atoms with Crippen LogP contribution in [0.5, 0.6) is 0 Å². The van der Waals surface area contributed by atoms with Crippen LogP contribution in [0.1, 0.15) is 20.7 Å². The molecule has 0 radical (unpaired) electrons. The maximum Gasteiger partial charge on any atom is 0.337 e. The molecule has 0 aliphatic rings. The van der Waals surface area contributed by atoms with Gasteiger partial charge >= 0.3 is 5.97 Å². The Morgan fingerprint density at radius 3 is 2.15 bits per heavy atom. The zero-order chi connectivity index (χ0) is 14.7. The average Bonchev–Trinajstić information content (AvgIpc) is 2.41. The van der Waals surface area contributed by atoms with Crippen LogP contribution in [0.25, 0.3) is 0 Å². The minimum absolute atomic E-state index is 0.0613. The molecule has 0 spiro atoms. The van der Waals surface area contributed by atoms with Crippen molar-refractivity contribution in [2.75, 3.05) is 16.8 Å². The normalized spacial score (nSPS) is 10.0. The predicted molar refractivity (Wildman–Crippen MR) is 76.6 cm³/mol. The molecule has 6 nitrogen and oxygen atoms in total. The number of anilines is 3. The molecule has 20 heavy (non-hydrogen) atoms. The molecule has 2 rings (SSSR count). The van der Waals surface area contributed by atoms with Gasteiger partial charge in [-0.3, -0.25) is 4.79 Å². The highest BCUT2D eigenvalue weighted by Crippen LogP contribution is 2.20. The van der Waals surface area contributed by atoms with Gasteiger partial charge in [0.25, 0.3) is 5.91 Å². The number of hydrogen-bond donors (Lipinski definition) is 4. The molecule has 0 heterocycles. The van der Waals surface area contributed by atoms with E-state index >= 15 is 0 Å². The summed E-state index contributed by atoms with van der Waals surface area (Å²) in [5, 5.41) is 11.6. The molecule has 0 unspecified atom stereocenters. The summed E-state index contributed by atoms with van der Waals surface area (Å²) < 4.78 is 0. The molecule has 0 fully saturated rings. The van der Waals surface area contributed by atoms with Crippen molar-refractivity contribution in [2.24, 2.45) is 0 Å². The van der Waals surface area contributed by atoms with Crippen molar-refractivity contribution in [3.05, 3.63) is 53.6 Å². The number of nitrogens with two attached hydrogens (primary N) is 2. The second kappa shape index (κ2) is 5.31. The van der Waals surface area contributed by atoms with Crippen LogP contribution in [0.2, 0.25) is 0 Å². The maximum atomic E-state index is 12.0. The van der Waals surface area contributed by atoms with E-state index in [4.69, 9.17) is 16.6 Å². The molecule has 102 valence electrons. The Morgan fingerprint density at radius 1 is 0.950 bits per heavy atom. The summed E-state index contributed by atoms with van der Waals surface area (Å²) in [6.45, 7) is 0. The van der Waals surface area contributed by atoms with Crippen LogP contribution < -0.4 is 16.8 Å². The zero-order valence-electron chi connectivity index (χ0n) is 10.5. The van der Waals surface area contributed by atoms with E-state index in [0.29, 0.717) is 16.9 Å². The number of carboxylic acids is 1. The largest absolute Gasteiger partial charge is 0.478 e. The average molecular weight is 271 g/mol. The van der Waals surface area contributed by atoms with Gasteiger partial charge in [0.15, 0.2) is 0 Å². The first kappa shape index (κ1) is 13.4. The lowest BCUT2D eigenvalue weighted by molar-refractivity contribution is 0.0698. The van der Waals surface area contributed by atoms with Crippen LogP contribution in [0.4, 0.5) is 17.1 Å². The van der Waals surface area contributed by atoms with Crippen molar-refractivity contribution in [1.82, 2.24) is 0 Å². The summed E-state index contributed by atoms with van der Waals surface area (Å²) in [4.78, 5) is 23.1. The molecule has 0 saturated heterocycles. The number of carbonyl (C=O) groups is 2. The third-order valence-corrected chi connectivity index (χ3v) is 2.70. The van der Waals surface area contributed by atoms with Crippen molar-refractivity contribution < 1.29 is 14.7 Å².